The Balaban J connectivity index is 1.42. The Hall–Kier alpha value is -3.10. The number of rotatable bonds is 6. The summed E-state index contributed by atoms with van der Waals surface area (Å²) in [6, 6.07) is 8.28. The first kappa shape index (κ1) is 21.1. The highest BCUT2D eigenvalue weighted by molar-refractivity contribution is 5.68. The van der Waals surface area contributed by atoms with Gasteiger partial charge in [0.2, 0.25) is 5.95 Å². The minimum absolute atomic E-state index is 0.256. The number of carbonyl (C=O) groups excluding carboxylic acids is 1. The molecule has 1 aromatic heterocycles. The predicted octanol–water partition coefficient (Wildman–Crippen LogP) is 3.63. The van der Waals surface area contributed by atoms with Gasteiger partial charge in [-0.1, -0.05) is 6.07 Å². The second-order valence-corrected chi connectivity index (χ2v) is 7.91. The smallest absolute Gasteiger partial charge is 0.409 e. The van der Waals surface area contributed by atoms with Crippen molar-refractivity contribution in [3.05, 3.63) is 36.3 Å². The van der Waals surface area contributed by atoms with E-state index in [1.807, 2.05) is 43.1 Å². The van der Waals surface area contributed by atoms with Crippen molar-refractivity contribution in [2.24, 2.45) is 0 Å². The number of benzene rings is 1. The molecule has 1 aliphatic heterocycles. The highest BCUT2D eigenvalue weighted by Gasteiger charge is 2.26. The number of hydrogen-bond acceptors (Lipinski definition) is 7. The molecule has 0 radical (unpaired) electrons. The lowest BCUT2D eigenvalue weighted by Gasteiger charge is -2.35. The third-order valence-electron chi connectivity index (χ3n) is 5.96. The van der Waals surface area contributed by atoms with Crippen molar-refractivity contribution in [1.29, 1.82) is 0 Å². The lowest BCUT2D eigenvalue weighted by Crippen LogP contribution is -2.49. The van der Waals surface area contributed by atoms with Crippen LogP contribution in [0.2, 0.25) is 0 Å². The zero-order valence-electron chi connectivity index (χ0n) is 18.1. The molecule has 1 amide bonds. The number of ether oxygens (including phenoxy) is 1. The van der Waals surface area contributed by atoms with E-state index in [-0.39, 0.29) is 6.09 Å². The van der Waals surface area contributed by atoms with Gasteiger partial charge in [-0.15, -0.1) is 0 Å². The van der Waals surface area contributed by atoms with Crippen LogP contribution in [-0.2, 0) is 4.74 Å². The monoisotopic (exact) mass is 428 g/mol. The van der Waals surface area contributed by atoms with Crippen molar-refractivity contribution in [1.82, 2.24) is 14.9 Å². The van der Waals surface area contributed by atoms with E-state index in [9.17, 15) is 9.18 Å². The van der Waals surface area contributed by atoms with Gasteiger partial charge in [0.1, 0.15) is 0 Å². The number of nitrogens with zero attached hydrogens (tertiary/aromatic N) is 5. The Kier molecular flexibility index (Phi) is 6.39. The predicted molar refractivity (Wildman–Crippen MR) is 119 cm³/mol. The molecule has 4 rings (SSSR count). The summed E-state index contributed by atoms with van der Waals surface area (Å²) < 4.78 is 19.4. The topological polar surface area (TPSA) is 73.8 Å². The number of aromatic nitrogens is 2. The van der Waals surface area contributed by atoms with Crippen molar-refractivity contribution < 1.29 is 13.9 Å². The average Bonchev–Trinajstić information content (AvgIpc) is 2.74. The summed E-state index contributed by atoms with van der Waals surface area (Å²) in [5, 5.41) is 3.20. The molecule has 9 heteroatoms. The summed E-state index contributed by atoms with van der Waals surface area (Å²) in [6.07, 6.45) is 4.27. The molecule has 0 atom stereocenters. The van der Waals surface area contributed by atoms with Crippen LogP contribution in [0.3, 0.4) is 0 Å². The van der Waals surface area contributed by atoms with Gasteiger partial charge in [-0.3, -0.25) is 0 Å². The third-order valence-corrected chi connectivity index (χ3v) is 5.96. The number of nitrogens with one attached hydrogen (secondary N) is 1. The second kappa shape index (κ2) is 9.36. The van der Waals surface area contributed by atoms with Gasteiger partial charge >= 0.3 is 6.09 Å². The van der Waals surface area contributed by atoms with E-state index in [4.69, 9.17) is 4.74 Å². The van der Waals surface area contributed by atoms with E-state index >= 15 is 0 Å². The molecule has 1 saturated carbocycles. The van der Waals surface area contributed by atoms with Crippen LogP contribution in [0, 0.1) is 5.82 Å². The summed E-state index contributed by atoms with van der Waals surface area (Å²) in [5.41, 5.74) is 1.87. The molecule has 1 aromatic carbocycles. The van der Waals surface area contributed by atoms with Gasteiger partial charge in [-0.25, -0.2) is 14.2 Å². The standard InChI is InChI=1S/C22H29FN6O2/c1-3-31-22(30)29-12-10-28(11-13-29)18-9-4-6-16(14-18)25-21-24-15-19(23)20(26-21)27(2)17-7-5-8-17/h4,6,9,14-15,17H,3,5,7-8,10-13H2,1-2H3,(H,24,25,26). The lowest BCUT2D eigenvalue weighted by molar-refractivity contribution is 0.105. The van der Waals surface area contributed by atoms with E-state index in [0.717, 1.165) is 37.3 Å². The number of amides is 1. The average molecular weight is 429 g/mol. The molecule has 0 spiro atoms. The molecule has 2 aromatic rings. The van der Waals surface area contributed by atoms with E-state index in [1.54, 1.807) is 4.90 Å². The molecule has 0 bridgehead atoms. The Morgan fingerprint density at radius 1 is 1.29 bits per heavy atom. The maximum absolute atomic E-state index is 14.3. The highest BCUT2D eigenvalue weighted by Crippen LogP contribution is 2.29. The van der Waals surface area contributed by atoms with Crippen LogP contribution in [0.1, 0.15) is 26.2 Å². The van der Waals surface area contributed by atoms with Crippen LogP contribution < -0.4 is 15.1 Å². The van der Waals surface area contributed by atoms with Crippen molar-refractivity contribution in [2.45, 2.75) is 32.2 Å². The molecule has 0 unspecified atom stereocenters. The number of piperazine rings is 1. The molecule has 2 heterocycles. The van der Waals surface area contributed by atoms with Gasteiger partial charge in [0.15, 0.2) is 11.6 Å². The van der Waals surface area contributed by atoms with Gasteiger partial charge < -0.3 is 24.8 Å². The van der Waals surface area contributed by atoms with Crippen molar-refractivity contribution >= 4 is 29.2 Å². The van der Waals surface area contributed by atoms with Crippen LogP contribution in [0.25, 0.3) is 0 Å². The SMILES string of the molecule is CCOC(=O)N1CCN(c2cccc(Nc3ncc(F)c(N(C)C4CCC4)n3)c2)CC1. The summed E-state index contributed by atoms with van der Waals surface area (Å²) >= 11 is 0. The number of halogens is 1. The Morgan fingerprint density at radius 2 is 2.06 bits per heavy atom. The molecule has 2 aliphatic rings. The normalized spacial score (nSPS) is 16.6. The Bertz CT molecular complexity index is 915. The summed E-state index contributed by atoms with van der Waals surface area (Å²) in [6.45, 7) is 4.89. The van der Waals surface area contributed by atoms with Crippen molar-refractivity contribution in [3.8, 4) is 0 Å². The van der Waals surface area contributed by atoms with Gasteiger partial charge in [0, 0.05) is 50.6 Å². The highest BCUT2D eigenvalue weighted by atomic mass is 19.1. The van der Waals surface area contributed by atoms with Gasteiger partial charge in [-0.2, -0.15) is 4.98 Å². The Morgan fingerprint density at radius 3 is 2.74 bits per heavy atom. The third kappa shape index (κ3) is 4.81. The molecule has 8 nitrogen and oxygen atoms in total. The van der Waals surface area contributed by atoms with E-state index < -0.39 is 5.82 Å². The molecule has 31 heavy (non-hydrogen) atoms. The second-order valence-electron chi connectivity index (χ2n) is 7.91. The first-order valence-corrected chi connectivity index (χ1v) is 10.8. The maximum atomic E-state index is 14.3. The number of anilines is 4. The van der Waals surface area contributed by atoms with Crippen molar-refractivity contribution in [3.63, 3.8) is 0 Å². The molecular formula is C22H29FN6O2. The molecular weight excluding hydrogens is 399 g/mol. The van der Waals surface area contributed by atoms with Crippen LogP contribution >= 0.6 is 0 Å². The number of hydrogen-bond donors (Lipinski definition) is 1. The van der Waals surface area contributed by atoms with Crippen molar-refractivity contribution in [2.75, 3.05) is 55.0 Å². The fraction of sp³-hybridized carbons (Fsp3) is 0.500. The first-order valence-electron chi connectivity index (χ1n) is 10.8. The summed E-state index contributed by atoms with van der Waals surface area (Å²) in [5.74, 6) is 0.286. The molecule has 1 N–H and O–H groups in total. The quantitative estimate of drug-likeness (QED) is 0.753. The zero-order valence-corrected chi connectivity index (χ0v) is 18.1. The first-order chi connectivity index (χ1) is 15.0. The largest absolute Gasteiger partial charge is 0.450 e. The van der Waals surface area contributed by atoms with Gasteiger partial charge in [0.25, 0.3) is 0 Å². The summed E-state index contributed by atoms with van der Waals surface area (Å²) in [7, 11) is 1.88. The van der Waals surface area contributed by atoms with Gasteiger partial charge in [0.05, 0.1) is 12.8 Å². The number of carbonyl (C=O) groups is 1. The Labute approximate surface area is 182 Å². The molecule has 2 fully saturated rings. The van der Waals surface area contributed by atoms with E-state index in [2.05, 4.69) is 20.2 Å². The fourth-order valence-corrected chi connectivity index (χ4v) is 3.88. The maximum Gasteiger partial charge on any atom is 0.409 e. The lowest BCUT2D eigenvalue weighted by atomic mass is 9.92. The zero-order chi connectivity index (χ0) is 21.8. The van der Waals surface area contributed by atoms with Crippen LogP contribution in [0.15, 0.2) is 30.5 Å². The van der Waals surface area contributed by atoms with Crippen LogP contribution in [0.5, 0.6) is 0 Å². The minimum Gasteiger partial charge on any atom is -0.450 e. The molecule has 1 aliphatic carbocycles. The summed E-state index contributed by atoms with van der Waals surface area (Å²) in [4.78, 5) is 26.3. The molecule has 1 saturated heterocycles. The van der Waals surface area contributed by atoms with Crippen LogP contribution in [-0.4, -0.2) is 66.8 Å². The van der Waals surface area contributed by atoms with E-state index in [1.165, 1.54) is 12.6 Å². The van der Waals surface area contributed by atoms with Crippen LogP contribution in [0.4, 0.5) is 32.3 Å². The van der Waals surface area contributed by atoms with Gasteiger partial charge in [-0.05, 0) is 44.4 Å². The fourth-order valence-electron chi connectivity index (χ4n) is 3.88. The van der Waals surface area contributed by atoms with E-state index in [0.29, 0.717) is 37.5 Å². The minimum atomic E-state index is -0.409. The molecule has 166 valence electrons.